The van der Waals surface area contributed by atoms with E-state index in [1.54, 1.807) is 0 Å². The lowest BCUT2D eigenvalue weighted by Crippen LogP contribution is -2.18. The van der Waals surface area contributed by atoms with Gasteiger partial charge in [-0.15, -0.1) is 0 Å². The molecule has 1 aromatic carbocycles. The minimum absolute atomic E-state index is 0.130. The molecule has 8 nitrogen and oxygen atoms in total. The number of carbonyl (C=O) groups excluding carboxylic acids is 1. The molecule has 2 N–H and O–H groups in total. The lowest BCUT2D eigenvalue weighted by atomic mass is 10.1. The highest BCUT2D eigenvalue weighted by atomic mass is 32.2. The van der Waals surface area contributed by atoms with Crippen LogP contribution in [-0.2, 0) is 19.6 Å². The molecule has 0 spiro atoms. The first-order valence-corrected chi connectivity index (χ1v) is 7.28. The smallest absolute Gasteiger partial charge is 0.309 e. The zero-order valence-corrected chi connectivity index (χ0v) is 12.3. The first-order valence-electron chi connectivity index (χ1n) is 5.78. The van der Waals surface area contributed by atoms with Gasteiger partial charge in [0.2, 0.25) is 0 Å². The number of hydrogen-bond acceptors (Lipinski definition) is 7. The summed E-state index contributed by atoms with van der Waals surface area (Å²) in [7, 11) is -1.78. The fourth-order valence-corrected chi connectivity index (χ4v) is 2.57. The standard InChI is InChI=1S/C12H16O8S/c1-18-9-4-3-8(5-10(9)19-2)11(21(15,16)17)6-12(14)20-7-13/h3-5,11,13H,6-7H2,1-2H3,(H,15,16,17). The Kier molecular flexibility index (Phi) is 5.94. The van der Waals surface area contributed by atoms with Crippen molar-refractivity contribution in [1.82, 2.24) is 0 Å². The van der Waals surface area contributed by atoms with Gasteiger partial charge in [-0.05, 0) is 17.7 Å². The van der Waals surface area contributed by atoms with E-state index in [0.29, 0.717) is 5.75 Å². The Morgan fingerprint density at radius 1 is 1.24 bits per heavy atom. The second kappa shape index (κ2) is 7.25. The SMILES string of the molecule is COc1ccc(C(CC(=O)OCO)S(=O)(=O)O)cc1OC. The van der Waals surface area contributed by atoms with Gasteiger partial charge in [-0.3, -0.25) is 9.35 Å². The van der Waals surface area contributed by atoms with E-state index in [2.05, 4.69) is 4.74 Å². The number of esters is 1. The number of ether oxygens (including phenoxy) is 3. The van der Waals surface area contributed by atoms with Gasteiger partial charge in [-0.25, -0.2) is 0 Å². The van der Waals surface area contributed by atoms with Crippen molar-refractivity contribution in [2.45, 2.75) is 11.7 Å². The van der Waals surface area contributed by atoms with E-state index >= 15 is 0 Å². The van der Waals surface area contributed by atoms with Gasteiger partial charge in [0.25, 0.3) is 10.1 Å². The number of methoxy groups -OCH3 is 2. The molecule has 0 bridgehead atoms. The largest absolute Gasteiger partial charge is 0.493 e. The molecule has 0 aliphatic rings. The zero-order chi connectivity index (χ0) is 16.0. The minimum Gasteiger partial charge on any atom is -0.493 e. The fraction of sp³-hybridized carbons (Fsp3) is 0.417. The number of carbonyl (C=O) groups is 1. The molecular weight excluding hydrogens is 304 g/mol. The Hall–Kier alpha value is -1.84. The van der Waals surface area contributed by atoms with Gasteiger partial charge < -0.3 is 19.3 Å². The summed E-state index contributed by atoms with van der Waals surface area (Å²) >= 11 is 0. The van der Waals surface area contributed by atoms with Gasteiger partial charge in [0.05, 0.1) is 20.6 Å². The number of rotatable bonds is 7. The highest BCUT2D eigenvalue weighted by molar-refractivity contribution is 7.86. The third kappa shape index (κ3) is 4.59. The maximum Gasteiger partial charge on any atom is 0.309 e. The van der Waals surface area contributed by atoms with Gasteiger partial charge in [-0.2, -0.15) is 8.42 Å². The molecule has 0 aliphatic heterocycles. The van der Waals surface area contributed by atoms with Crippen LogP contribution in [0.5, 0.6) is 11.5 Å². The van der Waals surface area contributed by atoms with Gasteiger partial charge in [0.1, 0.15) is 5.25 Å². The molecule has 0 radical (unpaired) electrons. The molecule has 0 aliphatic carbocycles. The van der Waals surface area contributed by atoms with E-state index in [0.717, 1.165) is 0 Å². The Balaban J connectivity index is 3.18. The van der Waals surface area contributed by atoms with Crippen LogP contribution in [0.4, 0.5) is 0 Å². The monoisotopic (exact) mass is 320 g/mol. The molecule has 0 saturated heterocycles. The summed E-state index contributed by atoms with van der Waals surface area (Å²) in [5.74, 6) is -0.345. The van der Waals surface area contributed by atoms with Crippen LogP contribution in [-0.4, -0.2) is 45.1 Å². The Morgan fingerprint density at radius 3 is 2.33 bits per heavy atom. The van der Waals surface area contributed by atoms with Crippen LogP contribution >= 0.6 is 0 Å². The van der Waals surface area contributed by atoms with Gasteiger partial charge in [0.15, 0.2) is 18.3 Å². The van der Waals surface area contributed by atoms with Crippen molar-refractivity contribution in [2.75, 3.05) is 21.0 Å². The van der Waals surface area contributed by atoms with Crippen LogP contribution in [0.1, 0.15) is 17.2 Å². The third-order valence-corrected chi connectivity index (χ3v) is 3.87. The van der Waals surface area contributed by atoms with Crippen LogP contribution in [0.3, 0.4) is 0 Å². The number of aliphatic hydroxyl groups excluding tert-OH is 1. The Morgan fingerprint density at radius 2 is 1.86 bits per heavy atom. The zero-order valence-electron chi connectivity index (χ0n) is 11.5. The van der Waals surface area contributed by atoms with Gasteiger partial charge >= 0.3 is 5.97 Å². The molecule has 0 amide bonds. The summed E-state index contributed by atoms with van der Waals surface area (Å²) < 4.78 is 46.5. The number of aliphatic hydroxyl groups is 1. The summed E-state index contributed by atoms with van der Waals surface area (Å²) in [5.41, 5.74) is 0.130. The first-order chi connectivity index (χ1) is 9.83. The van der Waals surface area contributed by atoms with Crippen LogP contribution < -0.4 is 9.47 Å². The molecule has 0 heterocycles. The van der Waals surface area contributed by atoms with Gasteiger partial charge in [-0.1, -0.05) is 6.07 Å². The molecule has 0 fully saturated rings. The molecule has 1 aromatic rings. The summed E-state index contributed by atoms with van der Waals surface area (Å²) in [4.78, 5) is 11.3. The van der Waals surface area contributed by atoms with E-state index in [1.807, 2.05) is 0 Å². The van der Waals surface area contributed by atoms with Crippen molar-refractivity contribution in [2.24, 2.45) is 0 Å². The van der Waals surface area contributed by atoms with Gasteiger partial charge in [0, 0.05) is 0 Å². The molecule has 0 saturated carbocycles. The molecule has 1 atom stereocenters. The highest BCUT2D eigenvalue weighted by Gasteiger charge is 2.29. The average Bonchev–Trinajstić information content (AvgIpc) is 2.43. The van der Waals surface area contributed by atoms with Crippen molar-refractivity contribution < 1.29 is 37.1 Å². The molecule has 1 rings (SSSR count). The summed E-state index contributed by atoms with van der Waals surface area (Å²) in [5, 5.41) is 6.95. The summed E-state index contributed by atoms with van der Waals surface area (Å²) in [6.07, 6.45) is -0.644. The van der Waals surface area contributed by atoms with Crippen LogP contribution in [0, 0.1) is 0 Å². The molecule has 1 unspecified atom stereocenters. The predicted molar refractivity (Wildman–Crippen MR) is 71.6 cm³/mol. The van der Waals surface area contributed by atoms with E-state index in [4.69, 9.17) is 14.6 Å². The quantitative estimate of drug-likeness (QED) is 0.424. The first kappa shape index (κ1) is 17.2. The van der Waals surface area contributed by atoms with E-state index in [-0.39, 0.29) is 11.3 Å². The lowest BCUT2D eigenvalue weighted by molar-refractivity contribution is -0.151. The maximum atomic E-state index is 11.4. The van der Waals surface area contributed by atoms with Crippen LogP contribution in [0.25, 0.3) is 0 Å². The normalized spacial score (nSPS) is 12.6. The van der Waals surface area contributed by atoms with Crippen molar-refractivity contribution >= 4 is 16.1 Å². The molecule has 118 valence electrons. The van der Waals surface area contributed by atoms with Crippen LogP contribution in [0.2, 0.25) is 0 Å². The lowest BCUT2D eigenvalue weighted by Gasteiger charge is -2.15. The fourth-order valence-electron chi connectivity index (χ4n) is 1.73. The molecule has 0 aromatic heterocycles. The average molecular weight is 320 g/mol. The van der Waals surface area contributed by atoms with Crippen molar-refractivity contribution in [3.63, 3.8) is 0 Å². The maximum absolute atomic E-state index is 11.4. The summed E-state index contributed by atoms with van der Waals surface area (Å²) in [6, 6.07) is 4.17. The van der Waals surface area contributed by atoms with Crippen molar-refractivity contribution in [3.05, 3.63) is 23.8 Å². The minimum atomic E-state index is -4.55. The predicted octanol–water partition coefficient (Wildman–Crippen LogP) is 0.516. The topological polar surface area (TPSA) is 119 Å². The second-order valence-electron chi connectivity index (χ2n) is 3.97. The number of benzene rings is 1. The highest BCUT2D eigenvalue weighted by Crippen LogP contribution is 2.34. The van der Waals surface area contributed by atoms with E-state index in [9.17, 15) is 17.8 Å². The Bertz CT molecular complexity index is 595. The summed E-state index contributed by atoms with van der Waals surface area (Å²) in [6.45, 7) is -0.872. The van der Waals surface area contributed by atoms with Crippen molar-refractivity contribution in [3.8, 4) is 11.5 Å². The van der Waals surface area contributed by atoms with E-state index < -0.39 is 34.6 Å². The Labute approximate surface area is 122 Å². The molecule has 21 heavy (non-hydrogen) atoms. The molecule has 9 heteroatoms. The third-order valence-electron chi connectivity index (χ3n) is 2.72. The number of hydrogen-bond donors (Lipinski definition) is 2. The van der Waals surface area contributed by atoms with E-state index in [1.165, 1.54) is 32.4 Å². The van der Waals surface area contributed by atoms with Crippen molar-refractivity contribution in [1.29, 1.82) is 0 Å². The second-order valence-corrected chi connectivity index (χ2v) is 5.57. The molecular formula is C12H16O8S. The van der Waals surface area contributed by atoms with Crippen LogP contribution in [0.15, 0.2) is 18.2 Å².